The van der Waals surface area contributed by atoms with Gasteiger partial charge in [-0.25, -0.2) is 4.79 Å². The van der Waals surface area contributed by atoms with E-state index in [-0.39, 0.29) is 11.8 Å². The first-order valence-corrected chi connectivity index (χ1v) is 10.5. The first-order chi connectivity index (χ1) is 14.4. The number of ether oxygens (including phenoxy) is 1. The van der Waals surface area contributed by atoms with Gasteiger partial charge in [0.1, 0.15) is 6.04 Å². The minimum atomic E-state index is -1.06. The van der Waals surface area contributed by atoms with Gasteiger partial charge in [-0.2, -0.15) is 0 Å². The fourth-order valence-electron chi connectivity index (χ4n) is 4.53. The highest BCUT2D eigenvalue weighted by Gasteiger charge is 2.50. The molecule has 30 heavy (non-hydrogen) atoms. The molecular formula is C23H26N2O5. The molecule has 7 nitrogen and oxygen atoms in total. The van der Waals surface area contributed by atoms with Crippen LogP contribution in [0, 0.1) is 11.8 Å². The normalized spacial score (nSPS) is 24.3. The van der Waals surface area contributed by atoms with Crippen molar-refractivity contribution < 1.29 is 23.9 Å². The number of benzene rings is 1. The molecule has 2 aliphatic carbocycles. The third-order valence-electron chi connectivity index (χ3n) is 6.30. The summed E-state index contributed by atoms with van der Waals surface area (Å²) in [6.45, 7) is 2.94. The molecule has 1 N–H and O–H groups in total. The van der Waals surface area contributed by atoms with Crippen LogP contribution in [0.15, 0.2) is 30.4 Å². The van der Waals surface area contributed by atoms with Gasteiger partial charge in [-0.3, -0.25) is 19.3 Å². The van der Waals surface area contributed by atoms with Crippen LogP contribution in [0.4, 0.5) is 5.69 Å². The number of nitrogens with one attached hydrogen (secondary N) is 1. The molecule has 3 amide bonds. The number of likely N-dealkylation sites (tertiary alicyclic amines) is 1. The number of anilines is 1. The van der Waals surface area contributed by atoms with Gasteiger partial charge in [-0.15, -0.1) is 0 Å². The number of hydrogen-bond donors (Lipinski definition) is 1. The summed E-state index contributed by atoms with van der Waals surface area (Å²) < 4.78 is 5.29. The number of fused-ring (bicyclic) bond motifs is 2. The molecule has 158 valence electrons. The van der Waals surface area contributed by atoms with Gasteiger partial charge >= 0.3 is 5.97 Å². The van der Waals surface area contributed by atoms with Crippen molar-refractivity contribution in [3.63, 3.8) is 0 Å². The summed E-state index contributed by atoms with van der Waals surface area (Å²) in [5.74, 6) is -2.70. The van der Waals surface area contributed by atoms with Crippen LogP contribution in [0.25, 0.3) is 0 Å². The Labute approximate surface area is 175 Å². The lowest BCUT2D eigenvalue weighted by molar-refractivity contribution is -0.163. The van der Waals surface area contributed by atoms with Gasteiger partial charge < -0.3 is 10.1 Å². The highest BCUT2D eigenvalue weighted by molar-refractivity contribution is 6.08. The topological polar surface area (TPSA) is 92.8 Å². The molecule has 4 atom stereocenters. The number of allylic oxidation sites excluding steroid dienone is 2. The monoisotopic (exact) mass is 410 g/mol. The molecule has 0 saturated carbocycles. The van der Waals surface area contributed by atoms with Crippen molar-refractivity contribution in [3.8, 4) is 0 Å². The molecule has 0 unspecified atom stereocenters. The number of nitrogens with zero attached hydrogens (tertiary/aromatic N) is 1. The Morgan fingerprint density at radius 3 is 2.33 bits per heavy atom. The smallest absolute Gasteiger partial charge is 0.329 e. The first kappa shape index (κ1) is 20.3. The maximum Gasteiger partial charge on any atom is 0.329 e. The van der Waals surface area contributed by atoms with Gasteiger partial charge in [0, 0.05) is 5.69 Å². The molecule has 1 aromatic carbocycles. The molecule has 0 radical (unpaired) electrons. The van der Waals surface area contributed by atoms with Crippen molar-refractivity contribution in [2.45, 2.75) is 58.1 Å². The Hall–Kier alpha value is -2.96. The maximum atomic E-state index is 12.6. The van der Waals surface area contributed by atoms with Gasteiger partial charge in [-0.1, -0.05) is 18.2 Å². The largest absolute Gasteiger partial charge is 0.451 e. The molecule has 1 heterocycles. The van der Waals surface area contributed by atoms with E-state index in [9.17, 15) is 19.2 Å². The maximum absolute atomic E-state index is 12.6. The van der Waals surface area contributed by atoms with Crippen LogP contribution in [-0.2, 0) is 36.8 Å². The molecule has 0 bridgehead atoms. The van der Waals surface area contributed by atoms with Crippen molar-refractivity contribution in [1.82, 2.24) is 4.90 Å². The van der Waals surface area contributed by atoms with Crippen molar-refractivity contribution in [3.05, 3.63) is 41.5 Å². The van der Waals surface area contributed by atoms with Crippen LogP contribution in [0.3, 0.4) is 0 Å². The fraction of sp³-hybridized carbons (Fsp3) is 0.478. The number of esters is 1. The highest BCUT2D eigenvalue weighted by atomic mass is 16.5. The zero-order valence-electron chi connectivity index (χ0n) is 17.2. The number of carbonyl (C=O) groups excluding carboxylic acids is 4. The average molecular weight is 410 g/mol. The predicted molar refractivity (Wildman–Crippen MR) is 109 cm³/mol. The molecule has 1 aliphatic heterocycles. The van der Waals surface area contributed by atoms with E-state index in [1.165, 1.54) is 25.0 Å². The van der Waals surface area contributed by atoms with E-state index in [0.717, 1.165) is 24.2 Å². The third kappa shape index (κ3) is 3.64. The predicted octanol–water partition coefficient (Wildman–Crippen LogP) is 2.39. The molecule has 3 aliphatic rings. The summed E-state index contributed by atoms with van der Waals surface area (Å²) >= 11 is 0. The van der Waals surface area contributed by atoms with Crippen LogP contribution in [0.1, 0.15) is 44.2 Å². The number of rotatable bonds is 5. The highest BCUT2D eigenvalue weighted by Crippen LogP contribution is 2.36. The second kappa shape index (κ2) is 8.05. The Balaban J connectivity index is 1.36. The van der Waals surface area contributed by atoms with Crippen molar-refractivity contribution >= 4 is 29.4 Å². The Kier molecular flexibility index (Phi) is 5.45. The lowest BCUT2D eigenvalue weighted by Crippen LogP contribution is -2.46. The SMILES string of the molecule is C[C@H](OC(=O)[C@H](C)N1C(=O)[C@H]2CC=CC[C@@H]2C1=O)C(=O)Nc1ccc2c(c1)CCC2. The Morgan fingerprint density at radius 1 is 1.03 bits per heavy atom. The van der Waals surface area contributed by atoms with E-state index in [4.69, 9.17) is 4.74 Å². The molecule has 1 saturated heterocycles. The number of hydrogen-bond acceptors (Lipinski definition) is 5. The van der Waals surface area contributed by atoms with Crippen LogP contribution in [-0.4, -0.2) is 40.7 Å². The van der Waals surface area contributed by atoms with Crippen molar-refractivity contribution in [1.29, 1.82) is 0 Å². The number of aryl methyl sites for hydroxylation is 2. The van der Waals surface area contributed by atoms with E-state index in [0.29, 0.717) is 18.5 Å². The summed E-state index contributed by atoms with van der Waals surface area (Å²) in [6, 6.07) is 4.74. The molecule has 7 heteroatoms. The summed E-state index contributed by atoms with van der Waals surface area (Å²) in [5.41, 5.74) is 3.20. The van der Waals surface area contributed by atoms with Gasteiger partial charge in [0.25, 0.3) is 5.91 Å². The van der Waals surface area contributed by atoms with Gasteiger partial charge in [-0.05, 0) is 69.2 Å². The Bertz CT molecular complexity index is 912. The lowest BCUT2D eigenvalue weighted by atomic mass is 9.85. The molecular weight excluding hydrogens is 384 g/mol. The first-order valence-electron chi connectivity index (χ1n) is 10.5. The lowest BCUT2D eigenvalue weighted by Gasteiger charge is -2.23. The molecule has 0 aromatic heterocycles. The van der Waals surface area contributed by atoms with Crippen LogP contribution in [0.5, 0.6) is 0 Å². The zero-order valence-corrected chi connectivity index (χ0v) is 17.2. The van der Waals surface area contributed by atoms with E-state index in [1.54, 1.807) is 0 Å². The third-order valence-corrected chi connectivity index (χ3v) is 6.30. The Morgan fingerprint density at radius 2 is 1.67 bits per heavy atom. The standard InChI is InChI=1S/C23H26N2O5/c1-13(25-21(27)18-8-3-4-9-19(18)22(25)28)23(29)30-14(2)20(26)24-17-11-10-15-6-5-7-16(15)12-17/h3-4,10-14,18-19H,5-9H2,1-2H3,(H,24,26)/t13-,14-,18-,19-/m0/s1. The van der Waals surface area contributed by atoms with Gasteiger partial charge in [0.2, 0.25) is 11.8 Å². The minimum absolute atomic E-state index is 0.339. The minimum Gasteiger partial charge on any atom is -0.451 e. The second-order valence-electron chi connectivity index (χ2n) is 8.28. The van der Waals surface area contributed by atoms with Crippen LogP contribution in [0.2, 0.25) is 0 Å². The van der Waals surface area contributed by atoms with Crippen LogP contribution < -0.4 is 5.32 Å². The number of imide groups is 1. The van der Waals surface area contributed by atoms with Gasteiger partial charge in [0.05, 0.1) is 11.8 Å². The summed E-state index contributed by atoms with van der Waals surface area (Å²) in [7, 11) is 0. The summed E-state index contributed by atoms with van der Waals surface area (Å²) in [6.07, 6.45) is 6.92. The molecule has 4 rings (SSSR count). The number of amides is 3. The summed E-state index contributed by atoms with van der Waals surface area (Å²) in [4.78, 5) is 51.3. The van der Waals surface area contributed by atoms with E-state index in [1.807, 2.05) is 30.4 Å². The zero-order chi connectivity index (χ0) is 21.4. The van der Waals surface area contributed by atoms with E-state index >= 15 is 0 Å². The molecule has 1 fully saturated rings. The average Bonchev–Trinajstić information content (AvgIpc) is 3.30. The fourth-order valence-corrected chi connectivity index (χ4v) is 4.53. The van der Waals surface area contributed by atoms with Crippen molar-refractivity contribution in [2.75, 3.05) is 5.32 Å². The summed E-state index contributed by atoms with van der Waals surface area (Å²) in [5, 5.41) is 2.77. The quantitative estimate of drug-likeness (QED) is 0.457. The second-order valence-corrected chi connectivity index (χ2v) is 8.28. The van der Waals surface area contributed by atoms with Crippen molar-refractivity contribution in [2.24, 2.45) is 11.8 Å². The van der Waals surface area contributed by atoms with Crippen LogP contribution >= 0.6 is 0 Å². The molecule has 0 spiro atoms. The van der Waals surface area contributed by atoms with E-state index in [2.05, 4.69) is 5.32 Å². The van der Waals surface area contributed by atoms with E-state index < -0.39 is 35.9 Å². The molecule has 1 aromatic rings. The van der Waals surface area contributed by atoms with Gasteiger partial charge in [0.15, 0.2) is 6.10 Å². The number of carbonyl (C=O) groups is 4.